The highest BCUT2D eigenvalue weighted by atomic mass is 35.5. The van der Waals surface area contributed by atoms with E-state index in [4.69, 9.17) is 11.6 Å². The van der Waals surface area contributed by atoms with Gasteiger partial charge in [0.05, 0.1) is 11.3 Å². The van der Waals surface area contributed by atoms with Gasteiger partial charge in [0.15, 0.2) is 6.17 Å². The zero-order valence-corrected chi connectivity index (χ0v) is 16.5. The molecule has 2 aromatic carbocycles. The molecule has 1 amide bonds. The maximum absolute atomic E-state index is 12.7. The summed E-state index contributed by atoms with van der Waals surface area (Å²) >= 11 is 6.02. The number of nitrogens with zero attached hydrogens (tertiary/aromatic N) is 2. The number of rotatable bonds is 8. The lowest BCUT2D eigenvalue weighted by atomic mass is 10.0. The van der Waals surface area contributed by atoms with Gasteiger partial charge in [-0.1, -0.05) is 74.9 Å². The van der Waals surface area contributed by atoms with E-state index >= 15 is 0 Å². The highest BCUT2D eigenvalue weighted by Crippen LogP contribution is 2.38. The fraction of sp³-hybridized carbons (Fsp3) is 0.409. The molecule has 1 heterocycles. The third-order valence-corrected chi connectivity index (χ3v) is 5.35. The van der Waals surface area contributed by atoms with Gasteiger partial charge in [0, 0.05) is 11.6 Å². The monoisotopic (exact) mass is 386 g/mol. The van der Waals surface area contributed by atoms with Gasteiger partial charge < -0.3 is 4.90 Å². The molecule has 144 valence electrons. The SMILES string of the molecule is CCCCCCCCN1c2ccccc2C(=O)N(O)C1c1ccc(Cl)cc1. The predicted octanol–water partition coefficient (Wildman–Crippen LogP) is 6.05. The molecule has 1 aliphatic rings. The number of hydrogen-bond acceptors (Lipinski definition) is 3. The van der Waals surface area contributed by atoms with Crippen molar-refractivity contribution < 1.29 is 10.0 Å². The van der Waals surface area contributed by atoms with E-state index in [1.165, 1.54) is 25.7 Å². The largest absolute Gasteiger partial charge is 0.345 e. The van der Waals surface area contributed by atoms with E-state index in [0.29, 0.717) is 10.6 Å². The second-order valence-electron chi connectivity index (χ2n) is 7.05. The van der Waals surface area contributed by atoms with E-state index < -0.39 is 6.17 Å². The predicted molar refractivity (Wildman–Crippen MR) is 109 cm³/mol. The van der Waals surface area contributed by atoms with Crippen molar-refractivity contribution in [2.75, 3.05) is 11.4 Å². The van der Waals surface area contributed by atoms with Crippen molar-refractivity contribution in [3.63, 3.8) is 0 Å². The second-order valence-corrected chi connectivity index (χ2v) is 7.49. The number of fused-ring (bicyclic) bond motifs is 1. The van der Waals surface area contributed by atoms with E-state index in [1.807, 2.05) is 30.3 Å². The zero-order chi connectivity index (χ0) is 19.2. The molecule has 0 spiro atoms. The number of anilines is 1. The minimum Gasteiger partial charge on any atom is -0.345 e. The molecule has 5 heteroatoms. The number of hydrogen-bond donors (Lipinski definition) is 1. The quantitative estimate of drug-likeness (QED) is 0.443. The first-order valence-electron chi connectivity index (χ1n) is 9.77. The number of amides is 1. The van der Waals surface area contributed by atoms with Gasteiger partial charge >= 0.3 is 0 Å². The van der Waals surface area contributed by atoms with Crippen LogP contribution in [-0.4, -0.2) is 22.7 Å². The van der Waals surface area contributed by atoms with Crippen molar-refractivity contribution in [2.24, 2.45) is 0 Å². The van der Waals surface area contributed by atoms with Crippen LogP contribution in [0.15, 0.2) is 48.5 Å². The average molecular weight is 387 g/mol. The number of para-hydroxylation sites is 1. The lowest BCUT2D eigenvalue weighted by Gasteiger charge is -2.42. The van der Waals surface area contributed by atoms with Crippen LogP contribution < -0.4 is 4.90 Å². The Morgan fingerprint density at radius 1 is 0.963 bits per heavy atom. The molecule has 0 fully saturated rings. The Bertz CT molecular complexity index is 763. The molecular formula is C22H27ClN2O2. The Hall–Kier alpha value is -2.04. The van der Waals surface area contributed by atoms with Crippen LogP contribution in [0, 0.1) is 0 Å². The summed E-state index contributed by atoms with van der Waals surface area (Å²) in [6.45, 7) is 3.00. The molecule has 0 bridgehead atoms. The van der Waals surface area contributed by atoms with Crippen LogP contribution in [0.4, 0.5) is 5.69 Å². The number of carbonyl (C=O) groups excluding carboxylic acids is 1. The molecule has 3 rings (SSSR count). The van der Waals surface area contributed by atoms with Crippen molar-refractivity contribution >= 4 is 23.2 Å². The van der Waals surface area contributed by atoms with E-state index in [2.05, 4.69) is 11.8 Å². The maximum atomic E-state index is 12.7. The molecule has 1 atom stereocenters. The smallest absolute Gasteiger partial charge is 0.281 e. The highest BCUT2D eigenvalue weighted by molar-refractivity contribution is 6.30. The Morgan fingerprint density at radius 3 is 2.37 bits per heavy atom. The lowest BCUT2D eigenvalue weighted by molar-refractivity contribution is -0.0937. The molecule has 0 aliphatic carbocycles. The first-order chi connectivity index (χ1) is 13.1. The van der Waals surface area contributed by atoms with Gasteiger partial charge in [-0.2, -0.15) is 5.06 Å². The highest BCUT2D eigenvalue weighted by Gasteiger charge is 2.37. The Labute approximate surface area is 166 Å². The van der Waals surface area contributed by atoms with Crippen molar-refractivity contribution in [1.29, 1.82) is 0 Å². The van der Waals surface area contributed by atoms with Crippen molar-refractivity contribution in [2.45, 2.75) is 51.6 Å². The number of benzene rings is 2. The third kappa shape index (κ3) is 4.45. The molecule has 0 saturated heterocycles. The summed E-state index contributed by atoms with van der Waals surface area (Å²) in [5.41, 5.74) is 2.26. The Morgan fingerprint density at radius 2 is 1.63 bits per heavy atom. The van der Waals surface area contributed by atoms with Crippen molar-refractivity contribution in [3.05, 3.63) is 64.7 Å². The molecule has 0 radical (unpaired) electrons. The number of halogens is 1. The van der Waals surface area contributed by atoms with E-state index in [0.717, 1.165) is 35.7 Å². The number of unbranched alkanes of at least 4 members (excludes halogenated alkanes) is 5. The third-order valence-electron chi connectivity index (χ3n) is 5.10. The zero-order valence-electron chi connectivity index (χ0n) is 15.8. The van der Waals surface area contributed by atoms with Gasteiger partial charge in [-0.3, -0.25) is 10.0 Å². The van der Waals surface area contributed by atoms with Gasteiger partial charge in [-0.05, 0) is 36.2 Å². The minimum absolute atomic E-state index is 0.371. The molecular weight excluding hydrogens is 360 g/mol. The topological polar surface area (TPSA) is 43.8 Å². The van der Waals surface area contributed by atoms with E-state index in [-0.39, 0.29) is 5.91 Å². The van der Waals surface area contributed by atoms with Crippen LogP contribution in [0.3, 0.4) is 0 Å². The Kier molecular flexibility index (Phi) is 6.75. The van der Waals surface area contributed by atoms with Crippen LogP contribution in [-0.2, 0) is 0 Å². The summed E-state index contributed by atoms with van der Waals surface area (Å²) in [5, 5.41) is 12.1. The summed E-state index contributed by atoms with van der Waals surface area (Å²) < 4.78 is 0. The first-order valence-corrected chi connectivity index (χ1v) is 10.1. The maximum Gasteiger partial charge on any atom is 0.281 e. The van der Waals surface area contributed by atoms with Gasteiger partial charge in [-0.15, -0.1) is 0 Å². The standard InChI is InChI=1S/C22H27ClN2O2/c1-2-3-4-5-6-9-16-24-20-11-8-7-10-19(20)22(26)25(27)21(24)17-12-14-18(23)15-13-17/h7-8,10-15,21,27H,2-6,9,16H2,1H3. The minimum atomic E-state index is -0.541. The molecule has 0 saturated carbocycles. The van der Waals surface area contributed by atoms with E-state index in [9.17, 15) is 10.0 Å². The van der Waals surface area contributed by atoms with Crippen LogP contribution in [0.5, 0.6) is 0 Å². The molecule has 1 N–H and O–H groups in total. The van der Waals surface area contributed by atoms with Gasteiger partial charge in [-0.25, -0.2) is 0 Å². The fourth-order valence-corrected chi connectivity index (χ4v) is 3.79. The van der Waals surface area contributed by atoms with Crippen LogP contribution in [0.25, 0.3) is 0 Å². The van der Waals surface area contributed by atoms with Crippen molar-refractivity contribution in [1.82, 2.24) is 5.06 Å². The van der Waals surface area contributed by atoms with Gasteiger partial charge in [0.1, 0.15) is 0 Å². The summed E-state index contributed by atoms with van der Waals surface area (Å²) in [6, 6.07) is 14.8. The van der Waals surface area contributed by atoms with E-state index in [1.54, 1.807) is 18.2 Å². The summed E-state index contributed by atoms with van der Waals surface area (Å²) in [5.74, 6) is -0.371. The average Bonchev–Trinajstić information content (AvgIpc) is 2.69. The van der Waals surface area contributed by atoms with Crippen molar-refractivity contribution in [3.8, 4) is 0 Å². The molecule has 1 unspecified atom stereocenters. The molecule has 4 nitrogen and oxygen atoms in total. The second kappa shape index (κ2) is 9.25. The van der Waals surface area contributed by atoms with Crippen LogP contribution >= 0.6 is 11.6 Å². The molecule has 27 heavy (non-hydrogen) atoms. The normalized spacial score (nSPS) is 16.6. The summed E-state index contributed by atoms with van der Waals surface area (Å²) in [7, 11) is 0. The summed E-state index contributed by atoms with van der Waals surface area (Å²) in [6.07, 6.45) is 6.61. The van der Waals surface area contributed by atoms with Crippen LogP contribution in [0.2, 0.25) is 5.02 Å². The van der Waals surface area contributed by atoms with Gasteiger partial charge in [0.2, 0.25) is 0 Å². The number of carbonyl (C=O) groups is 1. The molecule has 2 aromatic rings. The Balaban J connectivity index is 1.84. The molecule has 1 aliphatic heterocycles. The molecule has 0 aromatic heterocycles. The van der Waals surface area contributed by atoms with Crippen LogP contribution in [0.1, 0.15) is 67.5 Å². The van der Waals surface area contributed by atoms with Gasteiger partial charge in [0.25, 0.3) is 5.91 Å². The first kappa shape index (κ1) is 19.7. The lowest BCUT2D eigenvalue weighted by Crippen LogP contribution is -2.48. The fourth-order valence-electron chi connectivity index (χ4n) is 3.66. The number of hydroxylamine groups is 2. The summed E-state index contributed by atoms with van der Waals surface area (Å²) in [4.78, 5) is 14.8.